The third-order valence-electron chi connectivity index (χ3n) is 2.99. The van der Waals surface area contributed by atoms with E-state index in [1.165, 1.54) is 13.2 Å². The van der Waals surface area contributed by atoms with Crippen molar-refractivity contribution in [1.82, 2.24) is 4.98 Å². The minimum absolute atomic E-state index is 0.0740. The summed E-state index contributed by atoms with van der Waals surface area (Å²) in [4.78, 5) is 14.1. The smallest absolute Gasteiger partial charge is 0.268 e. The highest BCUT2D eigenvalue weighted by Crippen LogP contribution is 2.41. The highest BCUT2D eigenvalue weighted by Gasteiger charge is 2.24. The molecule has 0 aliphatic heterocycles. The van der Waals surface area contributed by atoms with Crippen molar-refractivity contribution >= 4 is 17.4 Å². The minimum Gasteiger partial charge on any atom is -0.496 e. The van der Waals surface area contributed by atoms with Crippen LogP contribution < -0.4 is 16.0 Å². The highest BCUT2D eigenvalue weighted by molar-refractivity contribution is 6.34. The Labute approximate surface area is 129 Å². The van der Waals surface area contributed by atoms with Crippen LogP contribution >= 0.6 is 11.6 Å². The SMILES string of the molecule is COc1ccc(F)c(Cl)c1-c1c(C#N)c(N)[nH]c(=O)c1C#N. The molecule has 2 rings (SSSR count). The van der Waals surface area contributed by atoms with E-state index in [0.717, 1.165) is 6.07 Å². The Morgan fingerprint density at radius 2 is 1.91 bits per heavy atom. The number of halogens is 2. The van der Waals surface area contributed by atoms with Gasteiger partial charge in [-0.05, 0) is 12.1 Å². The lowest BCUT2D eigenvalue weighted by molar-refractivity contribution is 0.415. The van der Waals surface area contributed by atoms with Crippen LogP contribution in [0, 0.1) is 28.5 Å². The molecule has 0 aliphatic rings. The molecule has 0 bridgehead atoms. The van der Waals surface area contributed by atoms with Gasteiger partial charge in [0.2, 0.25) is 0 Å². The zero-order chi connectivity index (χ0) is 16.4. The van der Waals surface area contributed by atoms with Crippen LogP contribution in [0.4, 0.5) is 10.2 Å². The molecule has 0 unspecified atom stereocenters. The van der Waals surface area contributed by atoms with Crippen molar-refractivity contribution in [3.63, 3.8) is 0 Å². The molecule has 1 heterocycles. The van der Waals surface area contributed by atoms with E-state index < -0.39 is 16.9 Å². The number of methoxy groups -OCH3 is 1. The number of rotatable bonds is 2. The third kappa shape index (κ3) is 2.24. The first-order valence-corrected chi connectivity index (χ1v) is 6.22. The minimum atomic E-state index is -0.809. The first-order valence-electron chi connectivity index (χ1n) is 5.84. The van der Waals surface area contributed by atoms with E-state index in [2.05, 4.69) is 4.98 Å². The Balaban J connectivity index is 3.09. The van der Waals surface area contributed by atoms with E-state index in [1.807, 2.05) is 0 Å². The molecule has 0 saturated heterocycles. The topological polar surface area (TPSA) is 116 Å². The van der Waals surface area contributed by atoms with Crippen molar-refractivity contribution in [2.75, 3.05) is 12.8 Å². The number of nitrogens with zero attached hydrogens (tertiary/aromatic N) is 2. The summed E-state index contributed by atoms with van der Waals surface area (Å²) in [7, 11) is 1.31. The van der Waals surface area contributed by atoms with Gasteiger partial charge in [-0.2, -0.15) is 10.5 Å². The van der Waals surface area contributed by atoms with Crippen molar-refractivity contribution in [2.45, 2.75) is 0 Å². The molecule has 0 saturated carbocycles. The molecule has 1 aromatic carbocycles. The zero-order valence-corrected chi connectivity index (χ0v) is 12.0. The molecule has 0 atom stereocenters. The van der Waals surface area contributed by atoms with Crippen LogP contribution in [0.25, 0.3) is 11.1 Å². The van der Waals surface area contributed by atoms with Gasteiger partial charge in [0.25, 0.3) is 5.56 Å². The summed E-state index contributed by atoms with van der Waals surface area (Å²) in [5.74, 6) is -0.933. The van der Waals surface area contributed by atoms with Gasteiger partial charge in [-0.3, -0.25) is 4.79 Å². The summed E-state index contributed by atoms with van der Waals surface area (Å²) in [5, 5.41) is 18.1. The van der Waals surface area contributed by atoms with Gasteiger partial charge in [-0.1, -0.05) is 11.6 Å². The Bertz CT molecular complexity index is 909. The average molecular weight is 319 g/mol. The zero-order valence-electron chi connectivity index (χ0n) is 11.2. The summed E-state index contributed by atoms with van der Waals surface area (Å²) in [5.41, 5.74) is 3.97. The lowest BCUT2D eigenvalue weighted by atomic mass is 9.95. The molecule has 8 heteroatoms. The molecule has 1 aromatic heterocycles. The third-order valence-corrected chi connectivity index (χ3v) is 3.36. The van der Waals surface area contributed by atoms with Gasteiger partial charge in [-0.15, -0.1) is 0 Å². The second-order valence-electron chi connectivity index (χ2n) is 4.16. The molecule has 0 aliphatic carbocycles. The second kappa shape index (κ2) is 5.76. The first-order chi connectivity index (χ1) is 10.5. The number of nitrogens with one attached hydrogen (secondary N) is 1. The number of ether oxygens (including phenoxy) is 1. The molecule has 110 valence electrons. The van der Waals surface area contributed by atoms with E-state index in [1.54, 1.807) is 12.1 Å². The molecule has 6 nitrogen and oxygen atoms in total. The summed E-state index contributed by atoms with van der Waals surface area (Å²) < 4.78 is 18.9. The van der Waals surface area contributed by atoms with Gasteiger partial charge in [-0.25, -0.2) is 4.39 Å². The lowest BCUT2D eigenvalue weighted by Crippen LogP contribution is -2.16. The van der Waals surface area contributed by atoms with Crippen LogP contribution in [0.1, 0.15) is 11.1 Å². The van der Waals surface area contributed by atoms with Gasteiger partial charge < -0.3 is 15.5 Å². The maximum atomic E-state index is 13.8. The molecule has 0 amide bonds. The molecule has 0 radical (unpaired) electrons. The Morgan fingerprint density at radius 3 is 2.45 bits per heavy atom. The summed E-state index contributed by atoms with van der Waals surface area (Å²) in [6.07, 6.45) is 0. The van der Waals surface area contributed by atoms with E-state index in [0.29, 0.717) is 0 Å². The standard InChI is InChI=1S/C14H8ClFN4O2/c1-22-9-3-2-8(16)12(15)11(9)10-6(4-17)13(19)20-14(21)7(10)5-18/h2-3H,1H3,(H3,19,20,21). The van der Waals surface area contributed by atoms with Crippen LogP contribution in [0.15, 0.2) is 16.9 Å². The molecule has 0 spiro atoms. The number of nitriles is 2. The number of hydrogen-bond acceptors (Lipinski definition) is 5. The normalized spacial score (nSPS) is 9.86. The maximum absolute atomic E-state index is 13.8. The Morgan fingerprint density at radius 1 is 1.27 bits per heavy atom. The number of nitrogens with two attached hydrogens (primary N) is 1. The Kier molecular flexibility index (Phi) is 4.02. The predicted octanol–water partition coefficient (Wildman–Crippen LogP) is 2.17. The van der Waals surface area contributed by atoms with E-state index in [4.69, 9.17) is 22.1 Å². The van der Waals surface area contributed by atoms with Gasteiger partial charge in [0, 0.05) is 11.1 Å². The number of pyridine rings is 1. The van der Waals surface area contributed by atoms with Crippen LogP contribution in [0.5, 0.6) is 5.75 Å². The van der Waals surface area contributed by atoms with Crippen LogP contribution in [-0.2, 0) is 0 Å². The summed E-state index contributed by atoms with van der Waals surface area (Å²) in [6.45, 7) is 0. The summed E-state index contributed by atoms with van der Waals surface area (Å²) >= 11 is 5.95. The van der Waals surface area contributed by atoms with Crippen LogP contribution in [0.3, 0.4) is 0 Å². The van der Waals surface area contributed by atoms with Crippen LogP contribution in [0.2, 0.25) is 5.02 Å². The number of H-pyrrole nitrogens is 1. The quantitative estimate of drug-likeness (QED) is 0.880. The largest absolute Gasteiger partial charge is 0.496 e. The number of anilines is 1. The highest BCUT2D eigenvalue weighted by atomic mass is 35.5. The molecular formula is C14H8ClFN4O2. The number of aromatic amines is 1. The van der Waals surface area contributed by atoms with Gasteiger partial charge in [0.1, 0.15) is 40.6 Å². The number of benzene rings is 1. The molecule has 0 fully saturated rings. The van der Waals surface area contributed by atoms with Crippen molar-refractivity contribution in [2.24, 2.45) is 0 Å². The van der Waals surface area contributed by atoms with Crippen molar-refractivity contribution < 1.29 is 9.13 Å². The molecule has 3 N–H and O–H groups in total. The first kappa shape index (κ1) is 15.4. The molecule has 2 aromatic rings. The van der Waals surface area contributed by atoms with E-state index in [-0.39, 0.29) is 33.3 Å². The summed E-state index contributed by atoms with van der Waals surface area (Å²) in [6, 6.07) is 5.80. The number of nitrogen functional groups attached to an aromatic ring is 1. The molecular weight excluding hydrogens is 311 g/mol. The van der Waals surface area contributed by atoms with E-state index >= 15 is 0 Å². The predicted molar refractivity (Wildman–Crippen MR) is 77.9 cm³/mol. The number of aromatic nitrogens is 1. The van der Waals surface area contributed by atoms with Crippen LogP contribution in [-0.4, -0.2) is 12.1 Å². The van der Waals surface area contributed by atoms with Gasteiger partial charge in [0.05, 0.1) is 12.1 Å². The average Bonchev–Trinajstić information content (AvgIpc) is 2.49. The fraction of sp³-hybridized carbons (Fsp3) is 0.0714. The lowest BCUT2D eigenvalue weighted by Gasteiger charge is -2.14. The van der Waals surface area contributed by atoms with Crippen molar-refractivity contribution in [1.29, 1.82) is 10.5 Å². The van der Waals surface area contributed by atoms with Gasteiger partial charge >= 0.3 is 0 Å². The monoisotopic (exact) mass is 318 g/mol. The Hall–Kier alpha value is -3.03. The van der Waals surface area contributed by atoms with Crippen molar-refractivity contribution in [3.05, 3.63) is 44.5 Å². The molecule has 22 heavy (non-hydrogen) atoms. The maximum Gasteiger partial charge on any atom is 0.268 e. The van der Waals surface area contributed by atoms with Crippen molar-refractivity contribution in [3.8, 4) is 29.0 Å². The van der Waals surface area contributed by atoms with Gasteiger partial charge in [0.15, 0.2) is 0 Å². The number of hydrogen-bond donors (Lipinski definition) is 2. The second-order valence-corrected chi connectivity index (χ2v) is 4.53. The van der Waals surface area contributed by atoms with E-state index in [9.17, 15) is 19.7 Å². The fourth-order valence-corrected chi connectivity index (χ4v) is 2.28. The fourth-order valence-electron chi connectivity index (χ4n) is 2.03.